The van der Waals surface area contributed by atoms with Crippen molar-refractivity contribution < 1.29 is 17.6 Å². The molecule has 0 saturated heterocycles. The molecule has 0 saturated carbocycles. The number of aryl methyl sites for hydroxylation is 2. The van der Waals surface area contributed by atoms with Gasteiger partial charge in [-0.1, -0.05) is 6.07 Å². The van der Waals surface area contributed by atoms with Crippen molar-refractivity contribution in [3.05, 3.63) is 69.8 Å². The largest absolute Gasteiger partial charge is 0.309 e. The molecule has 2 aromatic carbocycles. The molecule has 0 aromatic heterocycles. The summed E-state index contributed by atoms with van der Waals surface area (Å²) in [7, 11) is 1.43. The van der Waals surface area contributed by atoms with Crippen LogP contribution in [0.1, 0.15) is 28.3 Å². The zero-order chi connectivity index (χ0) is 15.7. The van der Waals surface area contributed by atoms with Crippen LogP contribution < -0.4 is 5.32 Å². The number of hydrogen-bond donors (Lipinski definition) is 1. The number of hydrogen-bond acceptors (Lipinski definition) is 1. The van der Waals surface area contributed by atoms with E-state index in [1.165, 1.54) is 27.0 Å². The number of halogens is 4. The van der Waals surface area contributed by atoms with Crippen molar-refractivity contribution in [2.24, 2.45) is 0 Å². The number of nitrogens with one attached hydrogen (secondary N) is 1. The second-order valence-electron chi connectivity index (χ2n) is 4.94. The fraction of sp³-hybridized carbons (Fsp3) is 0.250. The Morgan fingerprint density at radius 3 is 2.14 bits per heavy atom. The fourth-order valence-electron chi connectivity index (χ4n) is 2.28. The van der Waals surface area contributed by atoms with Crippen LogP contribution in [0.2, 0.25) is 0 Å². The molecule has 21 heavy (non-hydrogen) atoms. The van der Waals surface area contributed by atoms with E-state index in [2.05, 4.69) is 5.32 Å². The molecule has 112 valence electrons. The van der Waals surface area contributed by atoms with E-state index in [4.69, 9.17) is 0 Å². The summed E-state index contributed by atoms with van der Waals surface area (Å²) < 4.78 is 55.9. The second kappa shape index (κ2) is 5.85. The van der Waals surface area contributed by atoms with Crippen LogP contribution in [-0.2, 0) is 0 Å². The van der Waals surface area contributed by atoms with Crippen molar-refractivity contribution in [1.82, 2.24) is 5.32 Å². The average molecular weight is 297 g/mol. The average Bonchev–Trinajstić information content (AvgIpc) is 2.44. The van der Waals surface area contributed by atoms with Gasteiger partial charge in [0.05, 0.1) is 6.04 Å². The highest BCUT2D eigenvalue weighted by Gasteiger charge is 2.25. The maximum Gasteiger partial charge on any atom is 0.134 e. The summed E-state index contributed by atoms with van der Waals surface area (Å²) in [5.74, 6) is -2.92. The Labute approximate surface area is 120 Å². The van der Waals surface area contributed by atoms with Crippen LogP contribution in [0.25, 0.3) is 0 Å². The molecule has 0 aliphatic carbocycles. The van der Waals surface area contributed by atoms with Crippen LogP contribution in [0.15, 0.2) is 24.3 Å². The van der Waals surface area contributed by atoms with Crippen LogP contribution in [0.3, 0.4) is 0 Å². The lowest BCUT2D eigenvalue weighted by Gasteiger charge is -2.20. The Kier molecular flexibility index (Phi) is 4.32. The second-order valence-corrected chi connectivity index (χ2v) is 4.94. The van der Waals surface area contributed by atoms with Crippen LogP contribution in [0.5, 0.6) is 0 Å². The minimum atomic E-state index is -1.11. The van der Waals surface area contributed by atoms with Gasteiger partial charge in [-0.05, 0) is 50.2 Å². The lowest BCUT2D eigenvalue weighted by atomic mass is 9.95. The maximum atomic E-state index is 14.2. The highest BCUT2D eigenvalue weighted by atomic mass is 19.1. The molecular weight excluding hydrogens is 282 g/mol. The topological polar surface area (TPSA) is 12.0 Å². The van der Waals surface area contributed by atoms with E-state index in [1.54, 1.807) is 0 Å². The molecule has 0 heterocycles. The van der Waals surface area contributed by atoms with E-state index in [9.17, 15) is 17.6 Å². The van der Waals surface area contributed by atoms with Gasteiger partial charge in [0, 0.05) is 11.1 Å². The highest BCUT2D eigenvalue weighted by molar-refractivity contribution is 5.38. The smallest absolute Gasteiger partial charge is 0.134 e. The molecule has 1 nitrogen and oxygen atoms in total. The summed E-state index contributed by atoms with van der Waals surface area (Å²) in [5, 5.41) is 2.64. The van der Waals surface area contributed by atoms with E-state index in [0.717, 1.165) is 18.2 Å². The van der Waals surface area contributed by atoms with Crippen molar-refractivity contribution in [3.8, 4) is 0 Å². The van der Waals surface area contributed by atoms with Gasteiger partial charge in [-0.25, -0.2) is 17.6 Å². The summed E-state index contributed by atoms with van der Waals surface area (Å²) >= 11 is 0. The summed E-state index contributed by atoms with van der Waals surface area (Å²) in [6.07, 6.45) is 0. The molecule has 0 amide bonds. The summed E-state index contributed by atoms with van der Waals surface area (Å²) in [6, 6.07) is 3.28. The first-order chi connectivity index (χ1) is 9.86. The molecule has 0 aliphatic rings. The molecule has 5 heteroatoms. The van der Waals surface area contributed by atoms with Crippen molar-refractivity contribution in [2.75, 3.05) is 7.05 Å². The molecule has 1 N–H and O–H groups in total. The molecule has 2 rings (SSSR count). The predicted octanol–water partition coefficient (Wildman–Crippen LogP) is 4.17. The minimum Gasteiger partial charge on any atom is -0.309 e. The van der Waals surface area contributed by atoms with Crippen LogP contribution in [0, 0.1) is 37.1 Å². The Hall–Kier alpha value is -1.88. The van der Waals surface area contributed by atoms with Gasteiger partial charge in [0.15, 0.2) is 0 Å². The van der Waals surface area contributed by atoms with Gasteiger partial charge in [-0.15, -0.1) is 0 Å². The van der Waals surface area contributed by atoms with Gasteiger partial charge in [0.25, 0.3) is 0 Å². The normalized spacial score (nSPS) is 12.5. The molecule has 0 radical (unpaired) electrons. The van der Waals surface area contributed by atoms with Gasteiger partial charge >= 0.3 is 0 Å². The lowest BCUT2D eigenvalue weighted by Crippen LogP contribution is -2.22. The van der Waals surface area contributed by atoms with Crippen molar-refractivity contribution in [2.45, 2.75) is 19.9 Å². The Balaban J connectivity index is 2.66. The standard InChI is InChI=1S/C16H15F4N/c1-8-4-5-11(17)14(15(8)20)16(21-3)10-7-12(18)9(2)6-13(10)19/h4-7,16,21H,1-3H3. The summed E-state index contributed by atoms with van der Waals surface area (Å²) in [5.41, 5.74) is -0.0837. The molecule has 0 aliphatic heterocycles. The van der Waals surface area contributed by atoms with Gasteiger partial charge in [-0.2, -0.15) is 0 Å². The minimum absolute atomic E-state index is 0.135. The maximum absolute atomic E-state index is 14.2. The first kappa shape index (κ1) is 15.5. The SMILES string of the molecule is CNC(c1cc(F)c(C)cc1F)c1c(F)ccc(C)c1F. The van der Waals surface area contributed by atoms with Gasteiger partial charge in [0.1, 0.15) is 23.3 Å². The third-order valence-electron chi connectivity index (χ3n) is 3.49. The third-order valence-corrected chi connectivity index (χ3v) is 3.49. The first-order valence-corrected chi connectivity index (χ1v) is 6.44. The number of benzene rings is 2. The van der Waals surface area contributed by atoms with E-state index >= 15 is 0 Å². The molecule has 0 spiro atoms. The van der Waals surface area contributed by atoms with Gasteiger partial charge < -0.3 is 5.32 Å². The van der Waals surface area contributed by atoms with Crippen molar-refractivity contribution >= 4 is 0 Å². The van der Waals surface area contributed by atoms with E-state index in [0.29, 0.717) is 0 Å². The van der Waals surface area contributed by atoms with E-state index in [1.807, 2.05) is 0 Å². The Bertz CT molecular complexity index is 682. The van der Waals surface area contributed by atoms with Crippen LogP contribution in [-0.4, -0.2) is 7.05 Å². The van der Waals surface area contributed by atoms with Crippen molar-refractivity contribution in [1.29, 1.82) is 0 Å². The van der Waals surface area contributed by atoms with Crippen LogP contribution in [0.4, 0.5) is 17.6 Å². The molecule has 0 fully saturated rings. The third kappa shape index (κ3) is 2.78. The molecule has 0 bridgehead atoms. The fourth-order valence-corrected chi connectivity index (χ4v) is 2.28. The summed E-state index contributed by atoms with van der Waals surface area (Å²) in [4.78, 5) is 0. The van der Waals surface area contributed by atoms with Gasteiger partial charge in [0.2, 0.25) is 0 Å². The molecule has 1 atom stereocenters. The number of rotatable bonds is 3. The quantitative estimate of drug-likeness (QED) is 0.839. The van der Waals surface area contributed by atoms with Crippen LogP contribution >= 0.6 is 0 Å². The summed E-state index contributed by atoms with van der Waals surface area (Å²) in [6.45, 7) is 2.90. The first-order valence-electron chi connectivity index (χ1n) is 6.44. The van der Waals surface area contributed by atoms with E-state index in [-0.39, 0.29) is 22.3 Å². The van der Waals surface area contributed by atoms with E-state index < -0.39 is 29.3 Å². The highest BCUT2D eigenvalue weighted by Crippen LogP contribution is 2.30. The van der Waals surface area contributed by atoms with Crippen molar-refractivity contribution in [3.63, 3.8) is 0 Å². The Morgan fingerprint density at radius 1 is 0.857 bits per heavy atom. The molecular formula is C16H15F4N. The molecule has 1 unspecified atom stereocenters. The predicted molar refractivity (Wildman–Crippen MR) is 73.1 cm³/mol. The monoisotopic (exact) mass is 297 g/mol. The lowest BCUT2D eigenvalue weighted by molar-refractivity contribution is 0.499. The van der Waals surface area contributed by atoms with Gasteiger partial charge in [-0.3, -0.25) is 0 Å². The molecule has 2 aromatic rings. The zero-order valence-electron chi connectivity index (χ0n) is 11.9. The zero-order valence-corrected chi connectivity index (χ0v) is 11.9. The Morgan fingerprint density at radius 2 is 1.52 bits per heavy atom.